The largest absolute Gasteiger partial charge is 0.312 e. The molecule has 2 heteroatoms. The van der Waals surface area contributed by atoms with Crippen LogP contribution in [0.25, 0.3) is 10.1 Å². The fourth-order valence-corrected chi connectivity index (χ4v) is 3.77. The van der Waals surface area contributed by atoms with Crippen LogP contribution in [0.1, 0.15) is 56.5 Å². The number of hydrogen-bond donors (Lipinski definition) is 1. The second kappa shape index (κ2) is 6.73. The highest BCUT2D eigenvalue weighted by Crippen LogP contribution is 2.35. The van der Waals surface area contributed by atoms with E-state index in [0.717, 1.165) is 13.1 Å². The first kappa shape index (κ1) is 15.5. The Balaban J connectivity index is 2.49. The van der Waals surface area contributed by atoms with Crippen LogP contribution in [0.4, 0.5) is 0 Å². The smallest absolute Gasteiger partial charge is 0.0349 e. The minimum atomic E-state index is 0.600. The van der Waals surface area contributed by atoms with Crippen LogP contribution in [-0.2, 0) is 13.0 Å². The Bertz CT molecular complexity index is 566. The summed E-state index contributed by atoms with van der Waals surface area (Å²) in [5, 5.41) is 4.98. The summed E-state index contributed by atoms with van der Waals surface area (Å²) in [4.78, 5) is 1.52. The molecule has 0 aliphatic heterocycles. The summed E-state index contributed by atoms with van der Waals surface area (Å²) >= 11 is 1.96. The zero-order chi connectivity index (χ0) is 14.7. The molecule has 1 aromatic carbocycles. The number of fused-ring (bicyclic) bond motifs is 1. The number of benzene rings is 1. The summed E-state index contributed by atoms with van der Waals surface area (Å²) in [5.41, 5.74) is 3.03. The van der Waals surface area contributed by atoms with E-state index in [9.17, 15) is 0 Å². The van der Waals surface area contributed by atoms with Crippen molar-refractivity contribution in [2.45, 2.75) is 53.5 Å². The third-order valence-corrected chi connectivity index (χ3v) is 4.93. The summed E-state index contributed by atoms with van der Waals surface area (Å²) in [6.45, 7) is 13.4. The molecule has 0 atom stereocenters. The van der Waals surface area contributed by atoms with Crippen molar-refractivity contribution in [3.05, 3.63) is 34.2 Å². The summed E-state index contributed by atoms with van der Waals surface area (Å²) in [5.74, 6) is 1.30. The van der Waals surface area contributed by atoms with E-state index in [0.29, 0.717) is 11.8 Å². The molecule has 2 rings (SSSR count). The Morgan fingerprint density at radius 2 is 1.90 bits per heavy atom. The van der Waals surface area contributed by atoms with Gasteiger partial charge in [0.15, 0.2) is 0 Å². The van der Waals surface area contributed by atoms with Gasteiger partial charge in [-0.15, -0.1) is 11.3 Å². The van der Waals surface area contributed by atoms with Gasteiger partial charge in [-0.25, -0.2) is 0 Å². The molecule has 0 radical (unpaired) electrons. The Kier molecular flexibility index (Phi) is 5.22. The highest BCUT2D eigenvalue weighted by Gasteiger charge is 2.14. The second-order valence-electron chi connectivity index (χ2n) is 6.29. The maximum Gasteiger partial charge on any atom is 0.0349 e. The molecule has 1 aromatic heterocycles. The molecule has 0 amide bonds. The Morgan fingerprint density at radius 1 is 1.15 bits per heavy atom. The van der Waals surface area contributed by atoms with E-state index in [-0.39, 0.29) is 0 Å². The van der Waals surface area contributed by atoms with Gasteiger partial charge in [-0.1, -0.05) is 40.7 Å². The first-order valence-corrected chi connectivity index (χ1v) is 8.59. The number of thiophene rings is 1. The van der Waals surface area contributed by atoms with Gasteiger partial charge in [0.1, 0.15) is 0 Å². The summed E-state index contributed by atoms with van der Waals surface area (Å²) in [6.07, 6.45) is 1.18. The maximum atomic E-state index is 3.49. The molecule has 0 saturated carbocycles. The zero-order valence-corrected chi connectivity index (χ0v) is 14.2. The van der Waals surface area contributed by atoms with Crippen molar-refractivity contribution in [1.82, 2.24) is 5.32 Å². The van der Waals surface area contributed by atoms with Gasteiger partial charge in [-0.05, 0) is 53.4 Å². The minimum absolute atomic E-state index is 0.600. The van der Waals surface area contributed by atoms with Crippen molar-refractivity contribution in [3.63, 3.8) is 0 Å². The van der Waals surface area contributed by atoms with Crippen LogP contribution in [0.2, 0.25) is 0 Å². The van der Waals surface area contributed by atoms with Crippen LogP contribution in [0.15, 0.2) is 18.2 Å². The molecule has 0 fully saturated rings. The number of nitrogens with one attached hydrogen (secondary N) is 1. The van der Waals surface area contributed by atoms with E-state index < -0.39 is 0 Å². The van der Waals surface area contributed by atoms with Crippen LogP contribution in [-0.4, -0.2) is 6.54 Å². The Morgan fingerprint density at radius 3 is 2.50 bits per heavy atom. The molecule has 0 aliphatic rings. The van der Waals surface area contributed by atoms with Gasteiger partial charge >= 0.3 is 0 Å². The predicted octanol–water partition coefficient (Wildman–Crippen LogP) is 5.33. The van der Waals surface area contributed by atoms with E-state index in [4.69, 9.17) is 0 Å². The van der Waals surface area contributed by atoms with Gasteiger partial charge in [0.25, 0.3) is 0 Å². The Hall–Kier alpha value is -0.860. The van der Waals surface area contributed by atoms with Crippen molar-refractivity contribution in [2.24, 2.45) is 5.92 Å². The summed E-state index contributed by atoms with van der Waals surface area (Å²) < 4.78 is 1.44. The molecule has 1 N–H and O–H groups in total. The van der Waals surface area contributed by atoms with E-state index in [2.05, 4.69) is 58.1 Å². The molecule has 1 heterocycles. The fourth-order valence-electron chi connectivity index (χ4n) is 2.59. The van der Waals surface area contributed by atoms with Gasteiger partial charge in [0.05, 0.1) is 0 Å². The van der Waals surface area contributed by atoms with Gasteiger partial charge in [0, 0.05) is 16.1 Å². The quantitative estimate of drug-likeness (QED) is 0.757. The highest BCUT2D eigenvalue weighted by atomic mass is 32.1. The lowest BCUT2D eigenvalue weighted by atomic mass is 9.96. The average Bonchev–Trinajstić information content (AvgIpc) is 2.73. The first-order chi connectivity index (χ1) is 9.52. The molecule has 1 nitrogen and oxygen atoms in total. The highest BCUT2D eigenvalue weighted by molar-refractivity contribution is 7.19. The molecule has 0 aliphatic carbocycles. The van der Waals surface area contributed by atoms with Gasteiger partial charge in [-0.3, -0.25) is 0 Å². The molecule has 20 heavy (non-hydrogen) atoms. The monoisotopic (exact) mass is 289 g/mol. The number of rotatable bonds is 6. The number of hydrogen-bond acceptors (Lipinski definition) is 2. The predicted molar refractivity (Wildman–Crippen MR) is 91.8 cm³/mol. The average molecular weight is 289 g/mol. The second-order valence-corrected chi connectivity index (χ2v) is 7.43. The summed E-state index contributed by atoms with van der Waals surface area (Å²) in [6, 6.07) is 7.03. The van der Waals surface area contributed by atoms with E-state index in [1.54, 1.807) is 5.56 Å². The Labute approximate surface area is 127 Å². The molecule has 0 unspecified atom stereocenters. The van der Waals surface area contributed by atoms with E-state index in [1.807, 2.05) is 11.3 Å². The normalized spacial score (nSPS) is 11.9. The van der Waals surface area contributed by atoms with Crippen molar-refractivity contribution in [3.8, 4) is 0 Å². The standard InChI is InChI=1S/C18H27NS/c1-6-19-11-18-15(9-12(2)3)16-10-14(13(4)5)7-8-17(16)20-18/h7-8,10,12-13,19H,6,9,11H2,1-5H3. The molecule has 0 bridgehead atoms. The van der Waals surface area contributed by atoms with Gasteiger partial charge < -0.3 is 5.32 Å². The fraction of sp³-hybridized carbons (Fsp3) is 0.556. The van der Waals surface area contributed by atoms with Crippen LogP contribution >= 0.6 is 11.3 Å². The zero-order valence-electron chi connectivity index (χ0n) is 13.4. The molecular weight excluding hydrogens is 262 g/mol. The lowest BCUT2D eigenvalue weighted by Crippen LogP contribution is -2.12. The summed E-state index contributed by atoms with van der Waals surface area (Å²) in [7, 11) is 0. The molecular formula is C18H27NS. The molecule has 110 valence electrons. The van der Waals surface area contributed by atoms with Gasteiger partial charge in [-0.2, -0.15) is 0 Å². The third kappa shape index (κ3) is 3.42. The van der Waals surface area contributed by atoms with Crippen LogP contribution in [0, 0.1) is 5.92 Å². The van der Waals surface area contributed by atoms with Crippen molar-refractivity contribution in [1.29, 1.82) is 0 Å². The lowest BCUT2D eigenvalue weighted by Gasteiger charge is -2.09. The minimum Gasteiger partial charge on any atom is -0.312 e. The maximum absolute atomic E-state index is 3.49. The molecule has 0 spiro atoms. The van der Waals surface area contributed by atoms with Gasteiger partial charge in [0.2, 0.25) is 0 Å². The molecule has 0 saturated heterocycles. The van der Waals surface area contributed by atoms with Crippen LogP contribution in [0.5, 0.6) is 0 Å². The lowest BCUT2D eigenvalue weighted by molar-refractivity contribution is 0.641. The van der Waals surface area contributed by atoms with Crippen molar-refractivity contribution >= 4 is 21.4 Å². The van der Waals surface area contributed by atoms with E-state index >= 15 is 0 Å². The van der Waals surface area contributed by atoms with Crippen molar-refractivity contribution in [2.75, 3.05) is 6.54 Å². The SMILES string of the molecule is CCNCc1sc2ccc(C(C)C)cc2c1CC(C)C. The van der Waals surface area contributed by atoms with Crippen LogP contribution < -0.4 is 5.32 Å². The van der Waals surface area contributed by atoms with Crippen LogP contribution in [0.3, 0.4) is 0 Å². The van der Waals surface area contributed by atoms with Crippen molar-refractivity contribution < 1.29 is 0 Å². The first-order valence-electron chi connectivity index (χ1n) is 7.77. The third-order valence-electron chi connectivity index (χ3n) is 3.71. The topological polar surface area (TPSA) is 12.0 Å². The van der Waals surface area contributed by atoms with E-state index in [1.165, 1.54) is 26.9 Å². The molecule has 2 aromatic rings.